The van der Waals surface area contributed by atoms with E-state index in [-0.39, 0.29) is 0 Å². The Morgan fingerprint density at radius 1 is 1.53 bits per heavy atom. The Kier molecular flexibility index (Phi) is 4.14. The van der Waals surface area contributed by atoms with Crippen LogP contribution in [0.5, 0.6) is 0 Å². The van der Waals surface area contributed by atoms with Crippen molar-refractivity contribution < 1.29 is 9.90 Å². The summed E-state index contributed by atoms with van der Waals surface area (Å²) in [5.74, 6) is -0.613. The predicted molar refractivity (Wildman–Crippen MR) is 60.9 cm³/mol. The summed E-state index contributed by atoms with van der Waals surface area (Å²) in [5, 5.41) is 9.33. The summed E-state index contributed by atoms with van der Waals surface area (Å²) in [4.78, 5) is 13.7. The maximum absolute atomic E-state index is 11.3. The molecule has 0 amide bonds. The number of carboxylic acid groups (broad SMARTS) is 1. The fourth-order valence-electron chi connectivity index (χ4n) is 2.42. The van der Waals surface area contributed by atoms with Crippen LogP contribution in [0.15, 0.2) is 0 Å². The van der Waals surface area contributed by atoms with E-state index in [2.05, 4.69) is 18.7 Å². The van der Waals surface area contributed by atoms with Crippen LogP contribution in [0, 0.1) is 5.41 Å². The van der Waals surface area contributed by atoms with Crippen molar-refractivity contribution in [2.45, 2.75) is 52.5 Å². The molecule has 15 heavy (non-hydrogen) atoms. The molecule has 88 valence electrons. The molecule has 3 heteroatoms. The molecule has 3 nitrogen and oxygen atoms in total. The highest BCUT2D eigenvalue weighted by atomic mass is 16.4. The van der Waals surface area contributed by atoms with Crippen LogP contribution in [0.25, 0.3) is 0 Å². The van der Waals surface area contributed by atoms with Crippen molar-refractivity contribution in [3.05, 3.63) is 0 Å². The molecule has 0 aromatic rings. The number of hydrogen-bond acceptors (Lipinski definition) is 2. The van der Waals surface area contributed by atoms with E-state index in [1.807, 2.05) is 6.92 Å². The highest BCUT2D eigenvalue weighted by Gasteiger charge is 2.41. The van der Waals surface area contributed by atoms with Gasteiger partial charge in [0.1, 0.15) is 0 Å². The Balaban J connectivity index is 2.72. The van der Waals surface area contributed by atoms with Crippen LogP contribution in [-0.4, -0.2) is 35.1 Å². The minimum absolute atomic E-state index is 0.484. The van der Waals surface area contributed by atoms with Gasteiger partial charge >= 0.3 is 5.97 Å². The molecule has 2 atom stereocenters. The van der Waals surface area contributed by atoms with Crippen molar-refractivity contribution in [1.82, 2.24) is 4.90 Å². The van der Waals surface area contributed by atoms with E-state index in [9.17, 15) is 9.90 Å². The largest absolute Gasteiger partial charge is 0.481 e. The van der Waals surface area contributed by atoms with E-state index < -0.39 is 11.4 Å². The number of carboxylic acids is 1. The van der Waals surface area contributed by atoms with Crippen LogP contribution in [0.3, 0.4) is 0 Å². The molecule has 1 aliphatic heterocycles. The molecule has 0 spiro atoms. The summed E-state index contributed by atoms with van der Waals surface area (Å²) < 4.78 is 0. The third kappa shape index (κ3) is 2.51. The van der Waals surface area contributed by atoms with Crippen molar-refractivity contribution >= 4 is 5.97 Å². The zero-order valence-electron chi connectivity index (χ0n) is 10.1. The van der Waals surface area contributed by atoms with E-state index in [1.165, 1.54) is 0 Å². The van der Waals surface area contributed by atoms with Gasteiger partial charge in [0.15, 0.2) is 0 Å². The average Bonchev–Trinajstić information content (AvgIpc) is 2.27. The predicted octanol–water partition coefficient (Wildman–Crippen LogP) is 2.36. The number of hydrogen-bond donors (Lipinski definition) is 1. The van der Waals surface area contributed by atoms with Gasteiger partial charge < -0.3 is 5.11 Å². The lowest BCUT2D eigenvalue weighted by Gasteiger charge is -2.42. The number of piperidine rings is 1. The van der Waals surface area contributed by atoms with E-state index >= 15 is 0 Å². The Labute approximate surface area is 92.5 Å². The normalized spacial score (nSPS) is 30.1. The first-order chi connectivity index (χ1) is 7.05. The molecular formula is C12H23NO2. The van der Waals surface area contributed by atoms with Gasteiger partial charge in [-0.05, 0) is 39.2 Å². The first-order valence-electron chi connectivity index (χ1n) is 6.03. The molecule has 0 saturated carbocycles. The van der Waals surface area contributed by atoms with Crippen LogP contribution in [0.4, 0.5) is 0 Å². The third-order valence-electron chi connectivity index (χ3n) is 3.95. The second-order valence-corrected chi connectivity index (χ2v) is 4.77. The third-order valence-corrected chi connectivity index (χ3v) is 3.95. The molecule has 1 aliphatic rings. The zero-order chi connectivity index (χ0) is 11.5. The molecule has 1 heterocycles. The average molecular weight is 213 g/mol. The highest BCUT2D eigenvalue weighted by molar-refractivity contribution is 5.75. The van der Waals surface area contributed by atoms with E-state index in [4.69, 9.17) is 0 Å². The first kappa shape index (κ1) is 12.5. The van der Waals surface area contributed by atoms with Crippen LogP contribution < -0.4 is 0 Å². The van der Waals surface area contributed by atoms with Gasteiger partial charge in [-0.3, -0.25) is 9.69 Å². The lowest BCUT2D eigenvalue weighted by Crippen LogP contribution is -2.50. The Morgan fingerprint density at radius 2 is 2.20 bits per heavy atom. The second kappa shape index (κ2) is 4.97. The van der Waals surface area contributed by atoms with E-state index in [0.29, 0.717) is 6.04 Å². The summed E-state index contributed by atoms with van der Waals surface area (Å²) >= 11 is 0. The second-order valence-electron chi connectivity index (χ2n) is 4.77. The van der Waals surface area contributed by atoms with Gasteiger partial charge in [0, 0.05) is 12.6 Å². The molecule has 0 radical (unpaired) electrons. The molecule has 0 bridgehead atoms. The molecule has 1 fully saturated rings. The molecule has 1 rings (SSSR count). The smallest absolute Gasteiger partial charge is 0.310 e. The van der Waals surface area contributed by atoms with Gasteiger partial charge in [-0.1, -0.05) is 13.8 Å². The minimum Gasteiger partial charge on any atom is -0.481 e. The number of likely N-dealkylation sites (tertiary alicyclic amines) is 1. The number of nitrogens with zero attached hydrogens (tertiary/aromatic N) is 1. The quantitative estimate of drug-likeness (QED) is 0.779. The van der Waals surface area contributed by atoms with Gasteiger partial charge in [0.25, 0.3) is 0 Å². The molecular weight excluding hydrogens is 190 g/mol. The van der Waals surface area contributed by atoms with Crippen molar-refractivity contribution in [2.75, 3.05) is 13.1 Å². The van der Waals surface area contributed by atoms with Crippen molar-refractivity contribution in [3.63, 3.8) is 0 Å². The standard InChI is InChI=1S/C12H23NO2/c1-4-10(3)13-8-6-7-12(5-2,9-13)11(14)15/h10H,4-9H2,1-3H3,(H,14,15). The topological polar surface area (TPSA) is 40.5 Å². The summed E-state index contributed by atoms with van der Waals surface area (Å²) in [7, 11) is 0. The summed E-state index contributed by atoms with van der Waals surface area (Å²) in [6, 6.07) is 0.510. The fourth-order valence-corrected chi connectivity index (χ4v) is 2.42. The molecule has 1 N–H and O–H groups in total. The SMILES string of the molecule is CCC(C)N1CCCC(CC)(C(=O)O)C1. The van der Waals surface area contributed by atoms with Crippen molar-refractivity contribution in [2.24, 2.45) is 5.41 Å². The van der Waals surface area contributed by atoms with Crippen LogP contribution in [0.2, 0.25) is 0 Å². The minimum atomic E-state index is -0.613. The van der Waals surface area contributed by atoms with Gasteiger partial charge in [-0.2, -0.15) is 0 Å². The lowest BCUT2D eigenvalue weighted by molar-refractivity contribution is -0.153. The van der Waals surface area contributed by atoms with E-state index in [0.717, 1.165) is 38.8 Å². The first-order valence-corrected chi connectivity index (χ1v) is 6.03. The molecule has 0 aromatic heterocycles. The molecule has 2 unspecified atom stereocenters. The van der Waals surface area contributed by atoms with Gasteiger partial charge in [-0.25, -0.2) is 0 Å². The summed E-state index contributed by atoms with van der Waals surface area (Å²) in [6.45, 7) is 8.13. The van der Waals surface area contributed by atoms with Gasteiger partial charge in [0.05, 0.1) is 5.41 Å². The molecule has 1 saturated heterocycles. The zero-order valence-corrected chi connectivity index (χ0v) is 10.1. The van der Waals surface area contributed by atoms with Crippen LogP contribution in [-0.2, 0) is 4.79 Å². The van der Waals surface area contributed by atoms with E-state index in [1.54, 1.807) is 0 Å². The monoisotopic (exact) mass is 213 g/mol. The maximum Gasteiger partial charge on any atom is 0.310 e. The lowest BCUT2D eigenvalue weighted by atomic mass is 9.77. The van der Waals surface area contributed by atoms with Crippen molar-refractivity contribution in [3.8, 4) is 0 Å². The Hall–Kier alpha value is -0.570. The Morgan fingerprint density at radius 3 is 2.67 bits per heavy atom. The number of rotatable bonds is 4. The van der Waals surface area contributed by atoms with Crippen molar-refractivity contribution in [1.29, 1.82) is 0 Å². The Bertz CT molecular complexity index is 230. The number of aliphatic carboxylic acids is 1. The van der Waals surface area contributed by atoms with Crippen LogP contribution >= 0.6 is 0 Å². The summed E-state index contributed by atoms with van der Waals surface area (Å²) in [6.07, 6.45) is 3.70. The van der Waals surface area contributed by atoms with Gasteiger partial charge in [-0.15, -0.1) is 0 Å². The maximum atomic E-state index is 11.3. The number of carbonyl (C=O) groups is 1. The highest BCUT2D eigenvalue weighted by Crippen LogP contribution is 2.34. The van der Waals surface area contributed by atoms with Gasteiger partial charge in [0.2, 0.25) is 0 Å². The summed E-state index contributed by atoms with van der Waals surface area (Å²) in [5.41, 5.74) is -0.484. The molecule has 0 aliphatic carbocycles. The van der Waals surface area contributed by atoms with Crippen LogP contribution in [0.1, 0.15) is 46.5 Å². The molecule has 0 aromatic carbocycles. The fraction of sp³-hybridized carbons (Fsp3) is 0.917.